The molecular formula is C26H38BrNO2. The molecule has 0 atom stereocenters. The van der Waals surface area contributed by atoms with Crippen molar-refractivity contribution < 1.29 is 9.59 Å². The minimum atomic E-state index is 0.252. The topological polar surface area (TPSA) is 46.2 Å². The Morgan fingerprint density at radius 2 is 1.63 bits per heavy atom. The Morgan fingerprint density at radius 1 is 1.10 bits per heavy atom. The molecule has 0 aliphatic carbocycles. The second-order valence-electron chi connectivity index (χ2n) is 6.71. The predicted molar refractivity (Wildman–Crippen MR) is 136 cm³/mol. The number of Topliss-reactive ketones (excluding diaryl/α,β-unsaturated/α-hetero) is 1. The van der Waals surface area contributed by atoms with Gasteiger partial charge in [0.15, 0.2) is 0 Å². The number of benzene rings is 2. The van der Waals surface area contributed by atoms with Crippen LogP contribution in [0.1, 0.15) is 55.9 Å². The Labute approximate surface area is 192 Å². The number of anilines is 1. The highest BCUT2D eigenvalue weighted by Crippen LogP contribution is 2.20. The minimum Gasteiger partial charge on any atom is -0.388 e. The highest BCUT2D eigenvalue weighted by Gasteiger charge is 2.05. The highest BCUT2D eigenvalue weighted by molar-refractivity contribution is 9.10. The minimum absolute atomic E-state index is 0.252. The molecule has 2 aromatic carbocycles. The maximum absolute atomic E-state index is 11.0. The molecule has 2 aromatic rings. The first-order valence-electron chi connectivity index (χ1n) is 10.2. The summed E-state index contributed by atoms with van der Waals surface area (Å²) in [6, 6.07) is 12.7. The first-order chi connectivity index (χ1) is 14.3. The number of halogens is 1. The lowest BCUT2D eigenvalue weighted by Gasteiger charge is -2.11. The second kappa shape index (κ2) is 18.8. The van der Waals surface area contributed by atoms with Crippen LogP contribution in [0.3, 0.4) is 0 Å². The highest BCUT2D eigenvalue weighted by atomic mass is 79.9. The third kappa shape index (κ3) is 13.9. The summed E-state index contributed by atoms with van der Waals surface area (Å²) in [6.45, 7) is 15.6. The van der Waals surface area contributed by atoms with Gasteiger partial charge in [0.2, 0.25) is 0 Å². The maximum atomic E-state index is 11.0. The molecule has 0 heterocycles. The van der Waals surface area contributed by atoms with Crippen molar-refractivity contribution >= 4 is 34.2 Å². The van der Waals surface area contributed by atoms with Crippen LogP contribution in [0, 0.1) is 13.8 Å². The van der Waals surface area contributed by atoms with Crippen LogP contribution in [0.4, 0.5) is 5.69 Å². The third-order valence-corrected chi connectivity index (χ3v) is 4.95. The van der Waals surface area contributed by atoms with Gasteiger partial charge in [-0.3, -0.25) is 0 Å². The van der Waals surface area contributed by atoms with E-state index in [1.165, 1.54) is 22.3 Å². The molecule has 0 aliphatic heterocycles. The summed E-state index contributed by atoms with van der Waals surface area (Å²) in [5, 5.41) is 3.14. The number of nitrogens with one attached hydrogen (secondary N) is 1. The number of ketones is 1. The van der Waals surface area contributed by atoms with Crippen molar-refractivity contribution in [2.24, 2.45) is 0 Å². The van der Waals surface area contributed by atoms with Crippen LogP contribution in [0.25, 0.3) is 0 Å². The van der Waals surface area contributed by atoms with Gasteiger partial charge in [0.1, 0.15) is 12.6 Å². The number of carbonyl (C=O) groups is 2. The van der Waals surface area contributed by atoms with Crippen LogP contribution in [-0.4, -0.2) is 19.6 Å². The molecule has 0 fully saturated rings. The molecule has 0 bridgehead atoms. The molecule has 0 aliphatic rings. The van der Waals surface area contributed by atoms with E-state index in [0.717, 1.165) is 29.4 Å². The van der Waals surface area contributed by atoms with E-state index in [1.807, 2.05) is 19.9 Å². The van der Waals surface area contributed by atoms with Gasteiger partial charge in [-0.05, 0) is 86.6 Å². The normalized spacial score (nSPS) is 8.90. The van der Waals surface area contributed by atoms with Gasteiger partial charge in [-0.15, -0.1) is 6.58 Å². The SMILES string of the molecule is C=CCC.C=O.CCc1ccc(Br)cc1.CNc1cc(C)c(C)c(CCC(C)=O)c1. The predicted octanol–water partition coefficient (Wildman–Crippen LogP) is 7.28. The quantitative estimate of drug-likeness (QED) is 0.446. The molecule has 166 valence electrons. The molecule has 0 saturated carbocycles. The van der Waals surface area contributed by atoms with Crippen LogP contribution in [-0.2, 0) is 22.4 Å². The van der Waals surface area contributed by atoms with Gasteiger partial charge in [-0.25, -0.2) is 0 Å². The van der Waals surface area contributed by atoms with Crippen LogP contribution in [0.2, 0.25) is 0 Å². The average Bonchev–Trinajstić information content (AvgIpc) is 2.77. The van der Waals surface area contributed by atoms with E-state index in [2.05, 4.69) is 91.9 Å². The summed E-state index contributed by atoms with van der Waals surface area (Å²) in [4.78, 5) is 19.0. The Morgan fingerprint density at radius 3 is 2.03 bits per heavy atom. The van der Waals surface area contributed by atoms with Gasteiger partial charge in [0.25, 0.3) is 0 Å². The van der Waals surface area contributed by atoms with Crippen molar-refractivity contribution in [3.63, 3.8) is 0 Å². The maximum Gasteiger partial charge on any atom is 0.130 e. The van der Waals surface area contributed by atoms with E-state index >= 15 is 0 Å². The summed E-state index contributed by atoms with van der Waals surface area (Å²) in [7, 11) is 1.92. The standard InChI is InChI=1S/C13H19NO.C8H9Br.C4H8.CH2O/c1-9-7-13(14-4)8-12(11(9)3)6-5-10(2)15;1-2-7-3-5-8(9)6-4-7;1-3-4-2;1-2/h7-8,14H,5-6H2,1-4H3;3-6H,2H2,1H3;3H,1,4H2,2H3;1H2. The molecule has 0 unspecified atom stereocenters. The van der Waals surface area contributed by atoms with E-state index < -0.39 is 0 Å². The third-order valence-electron chi connectivity index (χ3n) is 4.42. The lowest BCUT2D eigenvalue weighted by Crippen LogP contribution is -2.00. The average molecular weight is 476 g/mol. The molecule has 0 saturated heterocycles. The van der Waals surface area contributed by atoms with Crippen molar-refractivity contribution in [2.75, 3.05) is 12.4 Å². The zero-order valence-corrected chi connectivity index (χ0v) is 21.1. The van der Waals surface area contributed by atoms with Gasteiger partial charge in [0.05, 0.1) is 0 Å². The van der Waals surface area contributed by atoms with Gasteiger partial charge >= 0.3 is 0 Å². The van der Waals surface area contributed by atoms with Gasteiger partial charge < -0.3 is 14.9 Å². The Kier molecular flexibility index (Phi) is 18.8. The van der Waals surface area contributed by atoms with Gasteiger partial charge in [0, 0.05) is 23.6 Å². The largest absolute Gasteiger partial charge is 0.388 e. The van der Waals surface area contributed by atoms with E-state index in [0.29, 0.717) is 6.42 Å². The summed E-state index contributed by atoms with van der Waals surface area (Å²) >= 11 is 3.37. The second-order valence-corrected chi connectivity index (χ2v) is 7.62. The van der Waals surface area contributed by atoms with Crippen LogP contribution in [0.15, 0.2) is 53.5 Å². The van der Waals surface area contributed by atoms with Crippen LogP contribution in [0.5, 0.6) is 0 Å². The first-order valence-corrected chi connectivity index (χ1v) is 11.0. The lowest BCUT2D eigenvalue weighted by molar-refractivity contribution is -0.117. The summed E-state index contributed by atoms with van der Waals surface area (Å²) in [5.74, 6) is 0.252. The van der Waals surface area contributed by atoms with Crippen molar-refractivity contribution in [3.05, 3.63) is 75.8 Å². The van der Waals surface area contributed by atoms with Gasteiger partial charge in [-0.1, -0.05) is 48.0 Å². The molecule has 0 spiro atoms. The first kappa shape index (κ1) is 30.0. The molecule has 2 rings (SSSR count). The fraction of sp³-hybridized carbons (Fsp3) is 0.385. The Hall–Kier alpha value is -2.20. The molecule has 0 radical (unpaired) electrons. The zero-order chi connectivity index (χ0) is 23.5. The molecule has 0 amide bonds. The number of hydrogen-bond acceptors (Lipinski definition) is 3. The number of aryl methyl sites for hydroxylation is 3. The van der Waals surface area contributed by atoms with Crippen molar-refractivity contribution in [3.8, 4) is 0 Å². The molecule has 4 heteroatoms. The smallest absolute Gasteiger partial charge is 0.130 e. The van der Waals surface area contributed by atoms with E-state index in [-0.39, 0.29) is 5.78 Å². The molecular weight excluding hydrogens is 438 g/mol. The summed E-state index contributed by atoms with van der Waals surface area (Å²) in [5.41, 5.74) is 6.36. The molecule has 30 heavy (non-hydrogen) atoms. The van der Waals surface area contributed by atoms with Crippen molar-refractivity contribution in [1.82, 2.24) is 0 Å². The fourth-order valence-electron chi connectivity index (χ4n) is 2.37. The number of rotatable bonds is 6. The Bertz CT molecular complexity index is 739. The fourth-order valence-corrected chi connectivity index (χ4v) is 2.63. The van der Waals surface area contributed by atoms with Gasteiger partial charge in [-0.2, -0.15) is 0 Å². The van der Waals surface area contributed by atoms with Crippen molar-refractivity contribution in [2.45, 2.75) is 60.3 Å². The van der Waals surface area contributed by atoms with Crippen LogP contribution >= 0.6 is 15.9 Å². The lowest BCUT2D eigenvalue weighted by atomic mass is 9.98. The van der Waals surface area contributed by atoms with Crippen molar-refractivity contribution in [1.29, 1.82) is 0 Å². The number of allylic oxidation sites excluding steroid dienone is 1. The zero-order valence-electron chi connectivity index (χ0n) is 19.5. The van der Waals surface area contributed by atoms with E-state index in [1.54, 1.807) is 6.92 Å². The molecule has 3 nitrogen and oxygen atoms in total. The Balaban J connectivity index is 0. The monoisotopic (exact) mass is 475 g/mol. The summed E-state index contributed by atoms with van der Waals surface area (Å²) < 4.78 is 1.15. The molecule has 1 N–H and O–H groups in total. The molecule has 0 aromatic heterocycles. The van der Waals surface area contributed by atoms with E-state index in [9.17, 15) is 4.79 Å². The summed E-state index contributed by atoms with van der Waals surface area (Å²) in [6.07, 6.45) is 5.55. The van der Waals surface area contributed by atoms with E-state index in [4.69, 9.17) is 4.79 Å². The number of carbonyl (C=O) groups excluding carboxylic acids is 2. The number of hydrogen-bond donors (Lipinski definition) is 1. The van der Waals surface area contributed by atoms with Crippen LogP contribution < -0.4 is 5.32 Å².